The summed E-state index contributed by atoms with van der Waals surface area (Å²) in [6.45, 7) is 0.423. The summed E-state index contributed by atoms with van der Waals surface area (Å²) >= 11 is 1.02. The number of pyridine rings is 1. The van der Waals surface area contributed by atoms with Gasteiger partial charge in [-0.25, -0.2) is 0 Å². The van der Waals surface area contributed by atoms with E-state index in [0.717, 1.165) is 40.7 Å². The van der Waals surface area contributed by atoms with Gasteiger partial charge in [0.15, 0.2) is 5.69 Å². The number of nitrogens with zero attached hydrogens (tertiary/aromatic N) is 3. The highest BCUT2D eigenvalue weighted by Gasteiger charge is 2.26. The summed E-state index contributed by atoms with van der Waals surface area (Å²) in [5.74, 6) is 0.624. The normalized spacial score (nSPS) is 15.6. The van der Waals surface area contributed by atoms with E-state index >= 15 is 0 Å². The first kappa shape index (κ1) is 14.8. The molecule has 120 valence electrons. The van der Waals surface area contributed by atoms with Gasteiger partial charge in [0.25, 0.3) is 5.91 Å². The number of carbonyl (C=O) groups is 1. The standard InChI is InChI=1S/C17H14N4O2S/c22-17(15-10-20-24-21-15)19-9-12-8-11-4-3-5-13(16(11)23-12)14-6-1-2-7-18-14/h1-7,10,12H,8-9H2,(H,19,22)/t12-/m0/s1. The number of benzene rings is 1. The minimum atomic E-state index is -0.228. The molecule has 3 heterocycles. The summed E-state index contributed by atoms with van der Waals surface area (Å²) in [6, 6.07) is 11.9. The van der Waals surface area contributed by atoms with Gasteiger partial charge in [-0.15, -0.1) is 0 Å². The number of aromatic nitrogens is 3. The number of hydrogen-bond acceptors (Lipinski definition) is 6. The van der Waals surface area contributed by atoms with Gasteiger partial charge in [-0.2, -0.15) is 8.75 Å². The summed E-state index contributed by atoms with van der Waals surface area (Å²) in [5.41, 5.74) is 3.33. The van der Waals surface area contributed by atoms with Crippen LogP contribution in [0.15, 0.2) is 48.8 Å². The second-order valence-corrected chi connectivity index (χ2v) is 6.01. The minimum absolute atomic E-state index is 0.0968. The SMILES string of the molecule is O=C(NC[C@@H]1Cc2cccc(-c3ccccn3)c2O1)c1cnsn1. The van der Waals surface area contributed by atoms with Crippen LogP contribution in [-0.2, 0) is 6.42 Å². The highest BCUT2D eigenvalue weighted by Crippen LogP contribution is 2.37. The van der Waals surface area contributed by atoms with E-state index in [1.54, 1.807) is 6.20 Å². The van der Waals surface area contributed by atoms with Crippen molar-refractivity contribution in [1.29, 1.82) is 0 Å². The highest BCUT2D eigenvalue weighted by atomic mass is 32.1. The molecule has 4 rings (SSSR count). The van der Waals surface area contributed by atoms with Crippen LogP contribution in [0.25, 0.3) is 11.3 Å². The highest BCUT2D eigenvalue weighted by molar-refractivity contribution is 6.99. The van der Waals surface area contributed by atoms with Gasteiger partial charge in [-0.1, -0.05) is 18.2 Å². The lowest BCUT2D eigenvalue weighted by atomic mass is 10.0. The summed E-state index contributed by atoms with van der Waals surface area (Å²) < 4.78 is 13.8. The van der Waals surface area contributed by atoms with Crippen LogP contribution in [0.5, 0.6) is 5.75 Å². The molecular weight excluding hydrogens is 324 g/mol. The van der Waals surface area contributed by atoms with Crippen molar-refractivity contribution in [3.63, 3.8) is 0 Å². The van der Waals surface area contributed by atoms with E-state index in [1.165, 1.54) is 6.20 Å². The molecule has 1 aromatic carbocycles. The molecule has 0 saturated heterocycles. The number of ether oxygens (including phenoxy) is 1. The summed E-state index contributed by atoms with van der Waals surface area (Å²) in [5, 5.41) is 2.85. The lowest BCUT2D eigenvalue weighted by molar-refractivity contribution is 0.0929. The van der Waals surface area contributed by atoms with E-state index in [2.05, 4.69) is 19.0 Å². The van der Waals surface area contributed by atoms with Crippen molar-refractivity contribution in [2.75, 3.05) is 6.54 Å². The van der Waals surface area contributed by atoms with Crippen molar-refractivity contribution in [2.24, 2.45) is 0 Å². The Labute approximate surface area is 142 Å². The Kier molecular flexibility index (Phi) is 3.92. The number of para-hydroxylation sites is 1. The monoisotopic (exact) mass is 338 g/mol. The Bertz CT molecular complexity index is 852. The predicted octanol–water partition coefficient (Wildman–Crippen LogP) is 2.33. The zero-order valence-corrected chi connectivity index (χ0v) is 13.5. The molecule has 1 atom stereocenters. The third kappa shape index (κ3) is 2.85. The molecule has 6 nitrogen and oxygen atoms in total. The van der Waals surface area contributed by atoms with Gasteiger partial charge in [0.2, 0.25) is 0 Å². The molecule has 0 spiro atoms. The van der Waals surface area contributed by atoms with E-state index < -0.39 is 0 Å². The summed E-state index contributed by atoms with van der Waals surface area (Å²) in [4.78, 5) is 16.3. The molecule has 1 aliphatic rings. The summed E-state index contributed by atoms with van der Waals surface area (Å²) in [7, 11) is 0. The lowest BCUT2D eigenvalue weighted by Gasteiger charge is -2.12. The van der Waals surface area contributed by atoms with Gasteiger partial charge in [0, 0.05) is 18.2 Å². The fourth-order valence-electron chi connectivity index (χ4n) is 2.74. The number of hydrogen-bond donors (Lipinski definition) is 1. The third-order valence-corrected chi connectivity index (χ3v) is 4.33. The molecule has 3 aromatic rings. The molecule has 1 aliphatic heterocycles. The maximum atomic E-state index is 12.0. The minimum Gasteiger partial charge on any atom is -0.487 e. The van der Waals surface area contributed by atoms with Crippen LogP contribution < -0.4 is 10.1 Å². The Morgan fingerprint density at radius 2 is 2.25 bits per heavy atom. The fraction of sp³-hybridized carbons (Fsp3) is 0.176. The van der Waals surface area contributed by atoms with Crippen molar-refractivity contribution in [3.05, 3.63) is 60.0 Å². The molecule has 2 aromatic heterocycles. The van der Waals surface area contributed by atoms with Crippen LogP contribution >= 0.6 is 11.7 Å². The van der Waals surface area contributed by atoms with Crippen molar-refractivity contribution in [3.8, 4) is 17.0 Å². The molecule has 0 aliphatic carbocycles. The summed E-state index contributed by atoms with van der Waals surface area (Å²) in [6.07, 6.45) is 3.89. The first-order valence-electron chi connectivity index (χ1n) is 7.57. The van der Waals surface area contributed by atoms with E-state index in [1.807, 2.05) is 36.4 Å². The van der Waals surface area contributed by atoms with Crippen LogP contribution in [0.3, 0.4) is 0 Å². The predicted molar refractivity (Wildman–Crippen MR) is 90.0 cm³/mol. The average molecular weight is 338 g/mol. The van der Waals surface area contributed by atoms with Crippen molar-refractivity contribution in [1.82, 2.24) is 19.0 Å². The van der Waals surface area contributed by atoms with E-state index in [9.17, 15) is 4.79 Å². The zero-order chi connectivity index (χ0) is 16.4. The fourth-order valence-corrected chi connectivity index (χ4v) is 3.15. The molecule has 0 fully saturated rings. The Balaban J connectivity index is 1.47. The number of nitrogens with one attached hydrogen (secondary N) is 1. The number of rotatable bonds is 4. The first-order chi connectivity index (χ1) is 11.8. The van der Waals surface area contributed by atoms with Crippen LogP contribution in [-0.4, -0.2) is 32.3 Å². The Hall–Kier alpha value is -2.80. The number of carbonyl (C=O) groups excluding carboxylic acids is 1. The maximum absolute atomic E-state index is 12.0. The van der Waals surface area contributed by atoms with E-state index in [4.69, 9.17) is 4.74 Å². The Morgan fingerprint density at radius 1 is 1.29 bits per heavy atom. The largest absolute Gasteiger partial charge is 0.487 e. The average Bonchev–Trinajstić information content (AvgIpc) is 3.29. The van der Waals surface area contributed by atoms with E-state index in [-0.39, 0.29) is 12.0 Å². The van der Waals surface area contributed by atoms with Gasteiger partial charge >= 0.3 is 0 Å². The van der Waals surface area contributed by atoms with Gasteiger partial charge in [0.1, 0.15) is 11.9 Å². The topological polar surface area (TPSA) is 77.0 Å². The molecule has 7 heteroatoms. The smallest absolute Gasteiger partial charge is 0.272 e. The quantitative estimate of drug-likeness (QED) is 0.790. The molecule has 0 saturated carbocycles. The molecule has 1 amide bonds. The lowest BCUT2D eigenvalue weighted by Crippen LogP contribution is -2.34. The third-order valence-electron chi connectivity index (χ3n) is 3.85. The van der Waals surface area contributed by atoms with Crippen LogP contribution in [0, 0.1) is 0 Å². The van der Waals surface area contributed by atoms with Gasteiger partial charge in [0.05, 0.1) is 30.2 Å². The molecule has 1 N–H and O–H groups in total. The second-order valence-electron chi connectivity index (χ2n) is 5.46. The molecule has 0 unspecified atom stereocenters. The van der Waals surface area contributed by atoms with Crippen LogP contribution in [0.4, 0.5) is 0 Å². The first-order valence-corrected chi connectivity index (χ1v) is 8.30. The molecule has 24 heavy (non-hydrogen) atoms. The molecule has 0 radical (unpaired) electrons. The van der Waals surface area contributed by atoms with Gasteiger partial charge < -0.3 is 10.1 Å². The molecular formula is C17H14N4O2S. The van der Waals surface area contributed by atoms with Gasteiger partial charge in [-0.05, 0) is 23.8 Å². The van der Waals surface area contributed by atoms with E-state index in [0.29, 0.717) is 12.2 Å². The van der Waals surface area contributed by atoms with Crippen LogP contribution in [0.2, 0.25) is 0 Å². The van der Waals surface area contributed by atoms with Crippen molar-refractivity contribution in [2.45, 2.75) is 12.5 Å². The van der Waals surface area contributed by atoms with Gasteiger partial charge in [-0.3, -0.25) is 9.78 Å². The second kappa shape index (κ2) is 6.37. The Morgan fingerprint density at radius 3 is 3.04 bits per heavy atom. The number of amides is 1. The zero-order valence-electron chi connectivity index (χ0n) is 12.7. The molecule has 0 bridgehead atoms. The number of fused-ring (bicyclic) bond motifs is 1. The van der Waals surface area contributed by atoms with Crippen molar-refractivity contribution < 1.29 is 9.53 Å². The maximum Gasteiger partial charge on any atom is 0.272 e. The van der Waals surface area contributed by atoms with Crippen molar-refractivity contribution >= 4 is 17.6 Å². The van der Waals surface area contributed by atoms with Crippen LogP contribution in [0.1, 0.15) is 16.1 Å².